The first-order valence-corrected chi connectivity index (χ1v) is 9.33. The zero-order valence-corrected chi connectivity index (χ0v) is 14.6. The van der Waals surface area contributed by atoms with E-state index in [1.165, 1.54) is 29.1 Å². The lowest BCUT2D eigenvalue weighted by molar-refractivity contribution is 0.0671. The molecule has 5 nitrogen and oxygen atoms in total. The van der Waals surface area contributed by atoms with Gasteiger partial charge in [-0.1, -0.05) is 10.6 Å². The molecule has 1 saturated heterocycles. The molecule has 0 bridgehead atoms. The Hall–Kier alpha value is -1.95. The third kappa shape index (κ3) is 2.79. The average molecular weight is 343 g/mol. The van der Waals surface area contributed by atoms with Gasteiger partial charge in [-0.3, -0.25) is 4.79 Å². The first kappa shape index (κ1) is 15.6. The van der Waals surface area contributed by atoms with Crippen molar-refractivity contribution in [3.05, 3.63) is 40.4 Å². The van der Waals surface area contributed by atoms with Crippen molar-refractivity contribution < 1.29 is 9.53 Å². The zero-order valence-electron chi connectivity index (χ0n) is 13.8. The van der Waals surface area contributed by atoms with Gasteiger partial charge >= 0.3 is 0 Å². The lowest BCUT2D eigenvalue weighted by Gasteiger charge is -2.35. The molecule has 1 aliphatic heterocycles. The number of nitrogens with zero attached hydrogens (tertiary/aromatic N) is 3. The molecule has 1 aromatic heterocycles. The lowest BCUT2D eigenvalue weighted by Crippen LogP contribution is -2.39. The monoisotopic (exact) mass is 343 g/mol. The van der Waals surface area contributed by atoms with E-state index in [-0.39, 0.29) is 5.91 Å². The van der Waals surface area contributed by atoms with Gasteiger partial charge in [-0.25, -0.2) is 0 Å². The highest BCUT2D eigenvalue weighted by molar-refractivity contribution is 7.03. The van der Waals surface area contributed by atoms with Gasteiger partial charge in [0.2, 0.25) is 0 Å². The summed E-state index contributed by atoms with van der Waals surface area (Å²) in [4.78, 5) is 14.3. The second-order valence-corrected chi connectivity index (χ2v) is 7.24. The molecule has 2 heterocycles. The SMILES string of the molecule is COc1ccc2c(c1)C(C1CCN(C(=O)c3csnn3)CC1)CC2. The highest BCUT2D eigenvalue weighted by atomic mass is 32.1. The highest BCUT2D eigenvalue weighted by Crippen LogP contribution is 2.43. The number of likely N-dealkylation sites (tertiary alicyclic amines) is 1. The summed E-state index contributed by atoms with van der Waals surface area (Å²) in [6, 6.07) is 6.48. The number of rotatable bonds is 3. The van der Waals surface area contributed by atoms with E-state index < -0.39 is 0 Å². The van der Waals surface area contributed by atoms with Gasteiger partial charge in [-0.15, -0.1) is 5.10 Å². The molecule has 1 aromatic carbocycles. The molecule has 0 N–H and O–H groups in total. The summed E-state index contributed by atoms with van der Waals surface area (Å²) < 4.78 is 9.19. The molecule has 6 heteroatoms. The first-order chi connectivity index (χ1) is 11.8. The second kappa shape index (κ2) is 6.51. The van der Waals surface area contributed by atoms with Crippen LogP contribution in [-0.4, -0.2) is 40.6 Å². The van der Waals surface area contributed by atoms with Crippen LogP contribution in [0.25, 0.3) is 0 Å². The minimum Gasteiger partial charge on any atom is -0.497 e. The van der Waals surface area contributed by atoms with Crippen LogP contribution >= 0.6 is 11.5 Å². The van der Waals surface area contributed by atoms with Crippen LogP contribution in [0.3, 0.4) is 0 Å². The normalized spacial score (nSPS) is 20.9. The van der Waals surface area contributed by atoms with E-state index in [0.717, 1.165) is 38.1 Å². The van der Waals surface area contributed by atoms with Crippen molar-refractivity contribution in [2.45, 2.75) is 31.6 Å². The Kier molecular flexibility index (Phi) is 4.22. The fourth-order valence-electron chi connectivity index (χ4n) is 4.15. The number of hydrogen-bond acceptors (Lipinski definition) is 5. The quantitative estimate of drug-likeness (QED) is 0.859. The Morgan fingerprint density at radius 2 is 2.12 bits per heavy atom. The van der Waals surface area contributed by atoms with Crippen LogP contribution in [0.4, 0.5) is 0 Å². The molecular weight excluding hydrogens is 322 g/mol. The smallest absolute Gasteiger partial charge is 0.275 e. The fraction of sp³-hybridized carbons (Fsp3) is 0.500. The Morgan fingerprint density at radius 3 is 2.83 bits per heavy atom. The fourth-order valence-corrected chi connectivity index (χ4v) is 4.58. The molecule has 126 valence electrons. The second-order valence-electron chi connectivity index (χ2n) is 6.63. The number of ether oxygens (including phenoxy) is 1. The lowest BCUT2D eigenvalue weighted by atomic mass is 9.81. The van der Waals surface area contributed by atoms with E-state index in [2.05, 4.69) is 27.8 Å². The van der Waals surface area contributed by atoms with Crippen molar-refractivity contribution in [3.8, 4) is 5.75 Å². The average Bonchev–Trinajstić information content (AvgIpc) is 3.30. The van der Waals surface area contributed by atoms with Crippen molar-refractivity contribution in [3.63, 3.8) is 0 Å². The van der Waals surface area contributed by atoms with Crippen LogP contribution in [0, 0.1) is 5.92 Å². The third-order valence-corrected chi connectivity index (χ3v) is 5.96. The maximum Gasteiger partial charge on any atom is 0.275 e. The topological polar surface area (TPSA) is 55.3 Å². The first-order valence-electron chi connectivity index (χ1n) is 8.49. The minimum atomic E-state index is 0.0238. The Labute approximate surface area is 145 Å². The number of fused-ring (bicyclic) bond motifs is 1. The van der Waals surface area contributed by atoms with E-state index in [1.54, 1.807) is 12.5 Å². The van der Waals surface area contributed by atoms with Gasteiger partial charge in [-0.05, 0) is 72.3 Å². The number of piperidine rings is 1. The Balaban J connectivity index is 1.43. The minimum absolute atomic E-state index is 0.0238. The molecule has 4 rings (SSSR count). The van der Waals surface area contributed by atoms with Crippen molar-refractivity contribution in [2.75, 3.05) is 20.2 Å². The predicted octanol–water partition coefficient (Wildman–Crippen LogP) is 3.13. The number of carbonyl (C=O) groups is 1. The van der Waals surface area contributed by atoms with Crippen LogP contribution in [0.1, 0.15) is 46.8 Å². The zero-order chi connectivity index (χ0) is 16.5. The van der Waals surface area contributed by atoms with Crippen molar-refractivity contribution in [1.82, 2.24) is 14.5 Å². The van der Waals surface area contributed by atoms with Gasteiger partial charge in [0.1, 0.15) is 5.75 Å². The predicted molar refractivity (Wildman–Crippen MR) is 92.6 cm³/mol. The maximum absolute atomic E-state index is 12.4. The number of aryl methyl sites for hydroxylation is 1. The van der Waals surface area contributed by atoms with Crippen LogP contribution in [0.5, 0.6) is 5.75 Å². The molecule has 2 aromatic rings. The van der Waals surface area contributed by atoms with Crippen molar-refractivity contribution in [2.24, 2.45) is 5.92 Å². The van der Waals surface area contributed by atoms with Gasteiger partial charge in [0.25, 0.3) is 5.91 Å². The summed E-state index contributed by atoms with van der Waals surface area (Å²) >= 11 is 1.23. The summed E-state index contributed by atoms with van der Waals surface area (Å²) in [7, 11) is 1.73. The van der Waals surface area contributed by atoms with E-state index in [4.69, 9.17) is 4.74 Å². The number of amides is 1. The molecule has 0 saturated carbocycles. The van der Waals surface area contributed by atoms with Crippen molar-refractivity contribution in [1.29, 1.82) is 0 Å². The van der Waals surface area contributed by atoms with Gasteiger partial charge in [0, 0.05) is 18.5 Å². The van der Waals surface area contributed by atoms with Crippen LogP contribution in [-0.2, 0) is 6.42 Å². The van der Waals surface area contributed by atoms with Gasteiger partial charge < -0.3 is 9.64 Å². The molecule has 2 aliphatic rings. The van der Waals surface area contributed by atoms with Gasteiger partial charge in [0.15, 0.2) is 5.69 Å². The molecule has 1 amide bonds. The standard InChI is InChI=1S/C18H21N3O2S/c1-23-14-4-2-12-3-5-15(16(12)10-14)13-6-8-21(9-7-13)18(22)17-11-24-20-19-17/h2,4,10-11,13,15H,3,5-9H2,1H3. The number of benzene rings is 1. The van der Waals surface area contributed by atoms with E-state index in [0.29, 0.717) is 17.5 Å². The van der Waals surface area contributed by atoms with Gasteiger partial charge in [0.05, 0.1) is 7.11 Å². The van der Waals surface area contributed by atoms with Gasteiger partial charge in [-0.2, -0.15) is 0 Å². The molecule has 0 radical (unpaired) electrons. The number of carbonyl (C=O) groups excluding carboxylic acids is 1. The van der Waals surface area contributed by atoms with E-state index >= 15 is 0 Å². The van der Waals surface area contributed by atoms with E-state index in [9.17, 15) is 4.79 Å². The molecule has 1 atom stereocenters. The highest BCUT2D eigenvalue weighted by Gasteiger charge is 2.34. The maximum atomic E-state index is 12.4. The number of methoxy groups -OCH3 is 1. The molecule has 1 unspecified atom stereocenters. The summed E-state index contributed by atoms with van der Waals surface area (Å²) in [6.45, 7) is 1.63. The summed E-state index contributed by atoms with van der Waals surface area (Å²) in [5, 5.41) is 5.63. The number of aromatic nitrogens is 2. The van der Waals surface area contributed by atoms with E-state index in [1.807, 2.05) is 4.90 Å². The van der Waals surface area contributed by atoms with Crippen LogP contribution < -0.4 is 4.74 Å². The third-order valence-electron chi connectivity index (χ3n) is 5.45. The summed E-state index contributed by atoms with van der Waals surface area (Å²) in [6.07, 6.45) is 4.50. The molecule has 0 spiro atoms. The largest absolute Gasteiger partial charge is 0.497 e. The Morgan fingerprint density at radius 1 is 1.29 bits per heavy atom. The molecule has 24 heavy (non-hydrogen) atoms. The molecule has 1 aliphatic carbocycles. The number of hydrogen-bond donors (Lipinski definition) is 0. The van der Waals surface area contributed by atoms with Crippen LogP contribution in [0.2, 0.25) is 0 Å². The Bertz CT molecular complexity index is 724. The van der Waals surface area contributed by atoms with Crippen LogP contribution in [0.15, 0.2) is 23.6 Å². The molecular formula is C18H21N3O2S. The summed E-state index contributed by atoms with van der Waals surface area (Å²) in [5.41, 5.74) is 3.41. The van der Waals surface area contributed by atoms with Crippen molar-refractivity contribution >= 4 is 17.4 Å². The summed E-state index contributed by atoms with van der Waals surface area (Å²) in [5.74, 6) is 2.23. The molecule has 1 fully saturated rings.